The molecule has 1 heterocycles. The van der Waals surface area contributed by atoms with E-state index in [4.69, 9.17) is 5.11 Å². The Bertz CT molecular complexity index is 1140. The Hall–Kier alpha value is -3.52. The van der Waals surface area contributed by atoms with Crippen molar-refractivity contribution in [3.05, 3.63) is 68.8 Å². The van der Waals surface area contributed by atoms with Gasteiger partial charge in [-0.3, -0.25) is 10.1 Å². The van der Waals surface area contributed by atoms with Gasteiger partial charge in [-0.1, -0.05) is 0 Å². The minimum absolute atomic E-state index is 0.0161. The van der Waals surface area contributed by atoms with Crippen molar-refractivity contribution < 1.29 is 54.3 Å². The number of nitro groups is 1. The van der Waals surface area contributed by atoms with Gasteiger partial charge < -0.3 is 10.0 Å². The number of hydrogen-bond donors (Lipinski definition) is 1. The summed E-state index contributed by atoms with van der Waals surface area (Å²) in [6, 6.07) is 2.17. The van der Waals surface area contributed by atoms with Crippen molar-refractivity contribution in [3.63, 3.8) is 0 Å². The van der Waals surface area contributed by atoms with Gasteiger partial charge >= 0.3 is 24.5 Å². The van der Waals surface area contributed by atoms with E-state index in [9.17, 15) is 54.4 Å². The van der Waals surface area contributed by atoms with E-state index in [2.05, 4.69) is 0 Å². The molecule has 1 atom stereocenters. The lowest BCUT2D eigenvalue weighted by molar-refractivity contribution is -0.385. The molecule has 3 rings (SSSR count). The molecular formula is C20H13F9N2O4. The lowest BCUT2D eigenvalue weighted by Crippen LogP contribution is -2.45. The molecule has 0 spiro atoms. The summed E-state index contributed by atoms with van der Waals surface area (Å²) in [5, 5.41) is 20.2. The van der Waals surface area contributed by atoms with Crippen LogP contribution in [0.5, 0.6) is 0 Å². The molecule has 0 radical (unpaired) electrons. The van der Waals surface area contributed by atoms with Gasteiger partial charge in [0.15, 0.2) is 0 Å². The monoisotopic (exact) mass is 516 g/mol. The van der Waals surface area contributed by atoms with Crippen LogP contribution in [-0.4, -0.2) is 35.3 Å². The maximum absolute atomic E-state index is 14.2. The maximum atomic E-state index is 14.2. The lowest BCUT2D eigenvalue weighted by atomic mass is 9.77. The Morgan fingerprint density at radius 1 is 0.943 bits per heavy atom. The molecule has 190 valence electrons. The highest BCUT2D eigenvalue weighted by molar-refractivity contribution is 5.93. The lowest BCUT2D eigenvalue weighted by Gasteiger charge is -2.33. The van der Waals surface area contributed by atoms with E-state index in [0.717, 1.165) is 17.0 Å². The highest BCUT2D eigenvalue weighted by atomic mass is 19.4. The number of benzene rings is 2. The zero-order valence-corrected chi connectivity index (χ0v) is 17.1. The van der Waals surface area contributed by atoms with E-state index in [1.807, 2.05) is 0 Å². The first-order valence-corrected chi connectivity index (χ1v) is 9.50. The van der Waals surface area contributed by atoms with Gasteiger partial charge in [-0.2, -0.15) is 39.5 Å². The molecule has 15 heteroatoms. The molecule has 0 amide bonds. The number of nitrogens with zero attached hydrogens (tertiary/aromatic N) is 2. The molecular weight excluding hydrogens is 503 g/mol. The maximum Gasteiger partial charge on any atom is 0.416 e. The van der Waals surface area contributed by atoms with Crippen molar-refractivity contribution >= 4 is 17.3 Å². The summed E-state index contributed by atoms with van der Waals surface area (Å²) in [6.07, 6.45) is -17.0. The van der Waals surface area contributed by atoms with Crippen molar-refractivity contribution in [2.45, 2.75) is 30.4 Å². The normalized spacial score (nSPS) is 19.2. The predicted molar refractivity (Wildman–Crippen MR) is 101 cm³/mol. The van der Waals surface area contributed by atoms with Gasteiger partial charge in [0.25, 0.3) is 5.69 Å². The number of rotatable bonds is 4. The number of aromatic carboxylic acids is 1. The van der Waals surface area contributed by atoms with E-state index >= 15 is 0 Å². The summed E-state index contributed by atoms with van der Waals surface area (Å²) in [6.45, 7) is -1.70. The van der Waals surface area contributed by atoms with E-state index in [1.54, 1.807) is 0 Å². The van der Waals surface area contributed by atoms with E-state index in [-0.39, 0.29) is 23.9 Å². The molecule has 0 aromatic heterocycles. The number of carbonyl (C=O) groups is 1. The topological polar surface area (TPSA) is 83.7 Å². The molecule has 2 aromatic rings. The minimum Gasteiger partial charge on any atom is -0.477 e. The molecule has 1 N–H and O–H groups in total. The van der Waals surface area contributed by atoms with Gasteiger partial charge in [0, 0.05) is 24.8 Å². The van der Waals surface area contributed by atoms with Crippen LogP contribution in [0.2, 0.25) is 0 Å². The molecule has 1 unspecified atom stereocenters. The third-order valence-corrected chi connectivity index (χ3v) is 5.73. The van der Waals surface area contributed by atoms with Crippen LogP contribution in [0.1, 0.15) is 33.5 Å². The first-order valence-electron chi connectivity index (χ1n) is 9.50. The van der Waals surface area contributed by atoms with Crippen LogP contribution >= 0.6 is 0 Å². The highest BCUT2D eigenvalue weighted by Crippen LogP contribution is 2.50. The van der Waals surface area contributed by atoms with Gasteiger partial charge in [0.05, 0.1) is 16.1 Å². The number of nitro benzene ring substituents is 1. The van der Waals surface area contributed by atoms with Crippen LogP contribution < -0.4 is 4.90 Å². The Morgan fingerprint density at radius 2 is 1.49 bits per heavy atom. The van der Waals surface area contributed by atoms with Crippen LogP contribution in [0.15, 0.2) is 36.4 Å². The second-order valence-corrected chi connectivity index (χ2v) is 7.81. The average Bonchev–Trinajstić information content (AvgIpc) is 3.18. The zero-order valence-electron chi connectivity index (χ0n) is 17.1. The van der Waals surface area contributed by atoms with Crippen LogP contribution in [0.4, 0.5) is 50.9 Å². The largest absolute Gasteiger partial charge is 0.477 e. The van der Waals surface area contributed by atoms with E-state index < -0.39 is 82.3 Å². The Labute approximate surface area is 189 Å². The summed E-state index contributed by atoms with van der Waals surface area (Å²) >= 11 is 0. The fraction of sp³-hybridized carbons (Fsp3) is 0.350. The Kier molecular flexibility index (Phi) is 6.19. The molecule has 0 aliphatic carbocycles. The number of hydrogen-bond acceptors (Lipinski definition) is 4. The van der Waals surface area contributed by atoms with Gasteiger partial charge in [0.1, 0.15) is 11.0 Å². The van der Waals surface area contributed by atoms with Crippen LogP contribution in [0, 0.1) is 10.1 Å². The first-order chi connectivity index (χ1) is 15.9. The van der Waals surface area contributed by atoms with Gasteiger partial charge in [-0.25, -0.2) is 4.79 Å². The fourth-order valence-electron chi connectivity index (χ4n) is 3.94. The second kappa shape index (κ2) is 8.30. The van der Waals surface area contributed by atoms with Crippen molar-refractivity contribution in [2.75, 3.05) is 18.0 Å². The molecule has 1 saturated heterocycles. The molecule has 1 fully saturated rings. The SMILES string of the molecule is O=C(O)c1ccc(N2CCC(c3cc(C(F)(F)F)cc(C(F)(F)F)c3)(C(F)(F)F)C2)cc1[N+](=O)[O-]. The van der Waals surface area contributed by atoms with E-state index in [0.29, 0.717) is 6.07 Å². The molecule has 1 aliphatic rings. The summed E-state index contributed by atoms with van der Waals surface area (Å²) in [7, 11) is 0. The number of anilines is 1. The minimum atomic E-state index is -5.37. The van der Waals surface area contributed by atoms with Crippen LogP contribution in [0.25, 0.3) is 0 Å². The highest BCUT2D eigenvalue weighted by Gasteiger charge is 2.60. The molecule has 1 aliphatic heterocycles. The number of halogens is 9. The molecule has 6 nitrogen and oxygen atoms in total. The molecule has 2 aromatic carbocycles. The van der Waals surface area contributed by atoms with Gasteiger partial charge in [-0.15, -0.1) is 0 Å². The van der Waals surface area contributed by atoms with Gasteiger partial charge in [-0.05, 0) is 42.3 Å². The average molecular weight is 516 g/mol. The summed E-state index contributed by atoms with van der Waals surface area (Å²) in [5.74, 6) is -1.68. The van der Waals surface area contributed by atoms with Gasteiger partial charge in [0.2, 0.25) is 0 Å². The Balaban J connectivity index is 2.15. The number of alkyl halides is 9. The van der Waals surface area contributed by atoms with Crippen LogP contribution in [-0.2, 0) is 17.8 Å². The molecule has 35 heavy (non-hydrogen) atoms. The predicted octanol–water partition coefficient (Wildman–Crippen LogP) is 6.04. The number of carboxylic acids is 1. The smallest absolute Gasteiger partial charge is 0.416 e. The summed E-state index contributed by atoms with van der Waals surface area (Å²) < 4.78 is 122. The van der Waals surface area contributed by atoms with Crippen molar-refractivity contribution in [2.24, 2.45) is 0 Å². The zero-order chi connectivity index (χ0) is 26.6. The van der Waals surface area contributed by atoms with Crippen molar-refractivity contribution in [3.8, 4) is 0 Å². The summed E-state index contributed by atoms with van der Waals surface area (Å²) in [5.41, 5.74) is -10.2. The van der Waals surface area contributed by atoms with Crippen LogP contribution in [0.3, 0.4) is 0 Å². The molecule has 0 saturated carbocycles. The fourth-order valence-corrected chi connectivity index (χ4v) is 3.94. The second-order valence-electron chi connectivity index (χ2n) is 7.81. The Morgan fingerprint density at radius 3 is 1.91 bits per heavy atom. The standard InChI is InChI=1S/C20H13F9N2O4/c21-18(22,23)11-5-10(6-12(7-11)19(24,25)26)17(20(27,28)29)3-4-30(9-17)13-1-2-14(16(32)33)15(8-13)31(34)35/h1-2,5-8H,3-4,9H2,(H,32,33). The number of carboxylic acid groups (broad SMARTS) is 1. The third-order valence-electron chi connectivity index (χ3n) is 5.73. The van der Waals surface area contributed by atoms with Crippen molar-refractivity contribution in [1.29, 1.82) is 0 Å². The first kappa shape index (κ1) is 26.1. The quantitative estimate of drug-likeness (QED) is 0.304. The summed E-state index contributed by atoms with van der Waals surface area (Å²) in [4.78, 5) is 22.2. The molecule has 0 bridgehead atoms. The van der Waals surface area contributed by atoms with Crippen molar-refractivity contribution in [1.82, 2.24) is 0 Å². The third kappa shape index (κ3) is 4.84. The van der Waals surface area contributed by atoms with E-state index in [1.165, 1.54) is 0 Å².